The van der Waals surface area contributed by atoms with Crippen LogP contribution in [0.3, 0.4) is 0 Å². The minimum absolute atomic E-state index is 0.0266. The van der Waals surface area contributed by atoms with Crippen LogP contribution in [0.2, 0.25) is 0 Å². The van der Waals surface area contributed by atoms with Crippen molar-refractivity contribution in [3.8, 4) is 22.1 Å². The molecule has 0 spiro atoms. The number of nitrogens with zero attached hydrogens (tertiary/aromatic N) is 5. The van der Waals surface area contributed by atoms with Crippen LogP contribution in [-0.2, 0) is 17.8 Å². The number of aromatic nitrogens is 3. The predicted molar refractivity (Wildman–Crippen MR) is 160 cm³/mol. The first kappa shape index (κ1) is 29.3. The number of thiophene rings is 1. The van der Waals surface area contributed by atoms with Gasteiger partial charge in [0.1, 0.15) is 28.4 Å². The second-order valence-electron chi connectivity index (χ2n) is 10.5. The Balaban J connectivity index is 1.64. The minimum atomic E-state index is -0.852. The fourth-order valence-corrected chi connectivity index (χ4v) is 6.24. The van der Waals surface area contributed by atoms with E-state index in [1.54, 1.807) is 38.4 Å². The Kier molecular flexibility index (Phi) is 7.80. The summed E-state index contributed by atoms with van der Waals surface area (Å²) < 4.78 is 42.7. The van der Waals surface area contributed by atoms with Crippen LogP contribution < -0.4 is 16.0 Å². The van der Waals surface area contributed by atoms with Crippen LogP contribution in [0.5, 0.6) is 5.88 Å². The molecule has 14 heteroatoms. The number of hydrogen-bond acceptors (Lipinski definition) is 9. The van der Waals surface area contributed by atoms with E-state index in [2.05, 4.69) is 4.98 Å². The Morgan fingerprint density at radius 3 is 2.34 bits per heavy atom. The summed E-state index contributed by atoms with van der Waals surface area (Å²) in [6.07, 6.45) is -0.217. The smallest absolute Gasteiger partial charge is 0.338 e. The van der Waals surface area contributed by atoms with Crippen LogP contribution in [0.15, 0.2) is 70.3 Å². The summed E-state index contributed by atoms with van der Waals surface area (Å²) in [7, 11) is 3.61. The third kappa shape index (κ3) is 5.38. The highest BCUT2D eigenvalue weighted by molar-refractivity contribution is 7.22. The molecule has 1 saturated heterocycles. The van der Waals surface area contributed by atoms with Gasteiger partial charge in [0.25, 0.3) is 11.2 Å². The van der Waals surface area contributed by atoms with Gasteiger partial charge in [-0.25, -0.2) is 18.1 Å². The van der Waals surface area contributed by atoms with Crippen LogP contribution in [0, 0.1) is 21.7 Å². The molecule has 0 amide bonds. The average molecular weight is 622 g/mol. The van der Waals surface area contributed by atoms with Crippen molar-refractivity contribution in [2.45, 2.75) is 19.2 Å². The lowest BCUT2D eigenvalue weighted by Gasteiger charge is -2.26. The lowest BCUT2D eigenvalue weighted by Crippen LogP contribution is -2.40. The summed E-state index contributed by atoms with van der Waals surface area (Å²) >= 11 is 1.09. The molecular formula is C30H25F2N5O6S. The fourth-order valence-electron chi connectivity index (χ4n) is 4.93. The van der Waals surface area contributed by atoms with Gasteiger partial charge in [-0.2, -0.15) is 4.98 Å². The molecule has 0 unspecified atom stereocenters. The number of nitro benzene ring substituents is 1. The summed E-state index contributed by atoms with van der Waals surface area (Å²) in [5, 5.41) is 11.4. The molecule has 0 aliphatic carbocycles. The van der Waals surface area contributed by atoms with E-state index in [1.807, 2.05) is 4.90 Å². The third-order valence-electron chi connectivity index (χ3n) is 7.10. The molecule has 0 N–H and O–H groups in total. The van der Waals surface area contributed by atoms with E-state index < -0.39 is 34.4 Å². The van der Waals surface area contributed by atoms with Crippen molar-refractivity contribution in [2.24, 2.45) is 0 Å². The van der Waals surface area contributed by atoms with Crippen molar-refractivity contribution in [1.29, 1.82) is 0 Å². The van der Waals surface area contributed by atoms with Gasteiger partial charge in [-0.05, 0) is 55.6 Å². The Hall–Kier alpha value is -4.79. The lowest BCUT2D eigenvalue weighted by atomic mass is 10.1. The topological polar surface area (TPSA) is 122 Å². The van der Waals surface area contributed by atoms with Gasteiger partial charge in [-0.15, -0.1) is 11.3 Å². The van der Waals surface area contributed by atoms with E-state index in [4.69, 9.17) is 9.47 Å². The predicted octanol–water partition coefficient (Wildman–Crippen LogP) is 4.35. The van der Waals surface area contributed by atoms with Crippen molar-refractivity contribution >= 4 is 27.2 Å². The summed E-state index contributed by atoms with van der Waals surface area (Å²) in [6.45, 7) is 0.511. The van der Waals surface area contributed by atoms with E-state index in [-0.39, 0.29) is 45.8 Å². The van der Waals surface area contributed by atoms with Crippen molar-refractivity contribution in [1.82, 2.24) is 19.0 Å². The molecule has 0 radical (unpaired) electrons. The van der Waals surface area contributed by atoms with Gasteiger partial charge >= 0.3 is 5.69 Å². The summed E-state index contributed by atoms with van der Waals surface area (Å²) in [6, 6.07) is 13.9. The van der Waals surface area contributed by atoms with Gasteiger partial charge in [-0.1, -0.05) is 12.1 Å². The molecule has 0 bridgehead atoms. The van der Waals surface area contributed by atoms with Crippen LogP contribution in [-0.4, -0.2) is 57.4 Å². The molecule has 5 aromatic rings. The number of hydrogen-bond donors (Lipinski definition) is 0. The number of rotatable bonds is 9. The molecule has 0 saturated carbocycles. The Labute approximate surface area is 252 Å². The quantitative estimate of drug-likeness (QED) is 0.176. The maximum atomic E-state index is 14.9. The Morgan fingerprint density at radius 2 is 1.73 bits per heavy atom. The van der Waals surface area contributed by atoms with Crippen LogP contribution in [0.1, 0.15) is 11.1 Å². The number of non-ortho nitro benzene ring substituents is 1. The Bertz CT molecular complexity index is 2000. The lowest BCUT2D eigenvalue weighted by molar-refractivity contribution is -0.384. The maximum absolute atomic E-state index is 14.9. The number of pyridine rings is 1. The van der Waals surface area contributed by atoms with Crippen LogP contribution >= 0.6 is 11.3 Å². The fraction of sp³-hybridized carbons (Fsp3) is 0.233. The molecule has 226 valence electrons. The molecule has 0 atom stereocenters. The van der Waals surface area contributed by atoms with Crippen molar-refractivity contribution < 1.29 is 23.2 Å². The number of ether oxygens (including phenoxy) is 2. The average Bonchev–Trinajstić information content (AvgIpc) is 3.33. The third-order valence-corrected chi connectivity index (χ3v) is 8.40. The molecule has 4 heterocycles. The van der Waals surface area contributed by atoms with Crippen molar-refractivity contribution in [3.05, 3.63) is 114 Å². The zero-order valence-electron chi connectivity index (χ0n) is 23.5. The zero-order valence-corrected chi connectivity index (χ0v) is 24.3. The highest BCUT2D eigenvalue weighted by Crippen LogP contribution is 2.38. The number of benzene rings is 2. The molecule has 44 heavy (non-hydrogen) atoms. The van der Waals surface area contributed by atoms with E-state index >= 15 is 0 Å². The summed E-state index contributed by atoms with van der Waals surface area (Å²) in [4.78, 5) is 46.2. The second kappa shape index (κ2) is 11.7. The Morgan fingerprint density at radius 1 is 1.05 bits per heavy atom. The van der Waals surface area contributed by atoms with Gasteiger partial charge < -0.3 is 14.4 Å². The van der Waals surface area contributed by atoms with Crippen molar-refractivity contribution in [3.63, 3.8) is 0 Å². The van der Waals surface area contributed by atoms with Gasteiger partial charge in [0.15, 0.2) is 0 Å². The molecule has 3 aromatic heterocycles. The summed E-state index contributed by atoms with van der Waals surface area (Å²) in [5.74, 6) is -1.54. The van der Waals surface area contributed by atoms with Gasteiger partial charge in [0.05, 0.1) is 30.1 Å². The molecular weight excluding hydrogens is 596 g/mol. The van der Waals surface area contributed by atoms with Gasteiger partial charge in [-0.3, -0.25) is 19.5 Å². The molecule has 11 nitrogen and oxygen atoms in total. The van der Waals surface area contributed by atoms with Crippen LogP contribution in [0.25, 0.3) is 26.5 Å². The maximum Gasteiger partial charge on any atom is 0.338 e. The normalized spacial score (nSPS) is 13.4. The highest BCUT2D eigenvalue weighted by Gasteiger charge is 2.26. The van der Waals surface area contributed by atoms with Gasteiger partial charge in [0, 0.05) is 35.2 Å². The first-order chi connectivity index (χ1) is 21.1. The highest BCUT2D eigenvalue weighted by atomic mass is 32.1. The zero-order chi connectivity index (χ0) is 31.1. The standard InChI is InChI=1S/C30H25F2N5O6S/c1-34(2)13-21-26-28(38)36(24-7-4-8-25(33-24)43-19-15-42-16-19)30(39)35(14-20-22(31)5-3-6-23(20)32)29(26)44-27(21)17-9-11-18(12-10-17)37(40)41/h3-12,19H,13-16H2,1-2H3. The molecule has 1 fully saturated rings. The first-order valence-electron chi connectivity index (χ1n) is 13.5. The van der Waals surface area contributed by atoms with Crippen molar-refractivity contribution in [2.75, 3.05) is 27.3 Å². The molecule has 2 aromatic carbocycles. The summed E-state index contributed by atoms with van der Waals surface area (Å²) in [5.41, 5.74) is -0.866. The number of nitro groups is 1. The monoisotopic (exact) mass is 621 g/mol. The largest absolute Gasteiger partial charge is 0.469 e. The van der Waals surface area contributed by atoms with E-state index in [0.717, 1.165) is 32.6 Å². The van der Waals surface area contributed by atoms with Gasteiger partial charge in [0.2, 0.25) is 5.88 Å². The first-order valence-corrected chi connectivity index (χ1v) is 14.3. The number of fused-ring (bicyclic) bond motifs is 1. The minimum Gasteiger partial charge on any atom is -0.469 e. The van der Waals surface area contributed by atoms with E-state index in [0.29, 0.717) is 29.2 Å². The van der Waals surface area contributed by atoms with Crippen LogP contribution in [0.4, 0.5) is 14.5 Å². The second-order valence-corrected chi connectivity index (χ2v) is 11.5. The van der Waals surface area contributed by atoms with E-state index in [1.165, 1.54) is 24.3 Å². The molecule has 1 aliphatic rings. The SMILES string of the molecule is CN(C)Cc1c(-c2ccc([N+](=O)[O-])cc2)sc2c1c(=O)n(-c1cccc(OC3COC3)n1)c(=O)n2Cc1c(F)cccc1F. The molecule has 6 rings (SSSR count). The van der Waals surface area contributed by atoms with E-state index in [9.17, 15) is 28.5 Å². The number of halogens is 2. The molecule has 1 aliphatic heterocycles.